The Bertz CT molecular complexity index is 716. The highest BCUT2D eigenvalue weighted by molar-refractivity contribution is 8.01. The molecule has 0 saturated carbocycles. The highest BCUT2D eigenvalue weighted by atomic mass is 32.2. The third kappa shape index (κ3) is 3.28. The Morgan fingerprint density at radius 3 is 3.00 bits per heavy atom. The van der Waals surface area contributed by atoms with Crippen molar-refractivity contribution in [3.05, 3.63) is 36.0 Å². The lowest BCUT2D eigenvalue weighted by molar-refractivity contribution is -0.146. The van der Waals surface area contributed by atoms with Gasteiger partial charge in [-0.2, -0.15) is 0 Å². The number of thioether (sulfide) groups is 1. The molecule has 1 aliphatic rings. The molecule has 0 radical (unpaired) electrons. The van der Waals surface area contributed by atoms with Crippen LogP contribution in [-0.2, 0) is 20.9 Å². The number of amides is 1. The van der Waals surface area contributed by atoms with Gasteiger partial charge in [0.1, 0.15) is 0 Å². The zero-order valence-corrected chi connectivity index (χ0v) is 12.6. The number of ether oxygens (including phenoxy) is 1. The van der Waals surface area contributed by atoms with E-state index < -0.39 is 11.2 Å². The van der Waals surface area contributed by atoms with Gasteiger partial charge in [-0.25, -0.2) is 0 Å². The number of aryl methyl sites for hydroxylation is 1. The number of hydrogen-bond acceptors (Lipinski definition) is 7. The van der Waals surface area contributed by atoms with Gasteiger partial charge in [0, 0.05) is 11.8 Å². The summed E-state index contributed by atoms with van der Waals surface area (Å²) in [7, 11) is 0. The van der Waals surface area contributed by atoms with Crippen LogP contribution in [0.25, 0.3) is 0 Å². The lowest BCUT2D eigenvalue weighted by Gasteiger charge is -2.23. The Hall–Kier alpha value is -2.35. The summed E-state index contributed by atoms with van der Waals surface area (Å²) in [5, 5.41) is 9.65. The molecule has 2 heterocycles. The molecule has 1 aliphatic heterocycles. The van der Waals surface area contributed by atoms with E-state index in [9.17, 15) is 9.59 Å². The molecule has 7 nitrogen and oxygen atoms in total. The van der Waals surface area contributed by atoms with Crippen molar-refractivity contribution in [2.45, 2.75) is 30.1 Å². The van der Waals surface area contributed by atoms with Crippen LogP contribution < -0.4 is 5.32 Å². The lowest BCUT2D eigenvalue weighted by Crippen LogP contribution is -2.31. The van der Waals surface area contributed by atoms with Gasteiger partial charge < -0.3 is 14.5 Å². The second kappa shape index (κ2) is 6.18. The van der Waals surface area contributed by atoms with Crippen molar-refractivity contribution >= 4 is 29.3 Å². The van der Waals surface area contributed by atoms with Gasteiger partial charge in [0.05, 0.1) is 17.4 Å². The fraction of sp³-hybridized carbons (Fsp3) is 0.286. The van der Waals surface area contributed by atoms with E-state index >= 15 is 0 Å². The molecular weight excluding hydrogens is 306 g/mol. The third-order valence-corrected chi connectivity index (χ3v) is 4.26. The average Bonchev–Trinajstić information content (AvgIpc) is 2.91. The zero-order valence-electron chi connectivity index (χ0n) is 11.7. The molecule has 3 rings (SSSR count). The predicted molar refractivity (Wildman–Crippen MR) is 78.2 cm³/mol. The van der Waals surface area contributed by atoms with Gasteiger partial charge in [0.25, 0.3) is 5.89 Å². The number of fused-ring (bicyclic) bond motifs is 1. The van der Waals surface area contributed by atoms with Crippen LogP contribution in [0.1, 0.15) is 18.2 Å². The molecule has 8 heteroatoms. The van der Waals surface area contributed by atoms with Gasteiger partial charge in [0.15, 0.2) is 6.61 Å². The molecule has 0 fully saturated rings. The first kappa shape index (κ1) is 14.6. The Labute approximate surface area is 130 Å². The summed E-state index contributed by atoms with van der Waals surface area (Å²) < 4.78 is 10.2. The van der Waals surface area contributed by atoms with Crippen LogP contribution >= 0.6 is 11.8 Å². The summed E-state index contributed by atoms with van der Waals surface area (Å²) in [6.45, 7) is 1.56. The molecule has 1 unspecified atom stereocenters. The van der Waals surface area contributed by atoms with Crippen molar-refractivity contribution in [3.63, 3.8) is 0 Å². The number of anilines is 1. The molecule has 0 bridgehead atoms. The highest BCUT2D eigenvalue weighted by Crippen LogP contribution is 2.36. The standard InChI is InChI=1S/C14H13N3O4S/c1-8-16-17-12(21-8)7-20-13(18)6-11-14(19)15-9-4-2-3-5-10(9)22-11/h2-5,11H,6-7H2,1H3,(H,15,19). The van der Waals surface area contributed by atoms with E-state index in [4.69, 9.17) is 9.15 Å². The van der Waals surface area contributed by atoms with Gasteiger partial charge in [-0.1, -0.05) is 12.1 Å². The van der Waals surface area contributed by atoms with Crippen LogP contribution in [0.3, 0.4) is 0 Å². The van der Waals surface area contributed by atoms with Crippen molar-refractivity contribution in [1.82, 2.24) is 10.2 Å². The van der Waals surface area contributed by atoms with E-state index in [1.54, 1.807) is 6.92 Å². The van der Waals surface area contributed by atoms with Crippen LogP contribution in [0.15, 0.2) is 33.6 Å². The fourth-order valence-corrected chi connectivity index (χ4v) is 3.07. The SMILES string of the molecule is Cc1nnc(COC(=O)CC2Sc3ccccc3NC2=O)o1. The van der Waals surface area contributed by atoms with Crippen LogP contribution in [0.2, 0.25) is 0 Å². The number of hydrogen-bond donors (Lipinski definition) is 1. The molecule has 0 spiro atoms. The summed E-state index contributed by atoms with van der Waals surface area (Å²) >= 11 is 1.35. The topological polar surface area (TPSA) is 94.3 Å². The minimum Gasteiger partial charge on any atom is -0.456 e. The Morgan fingerprint density at radius 2 is 2.23 bits per heavy atom. The first-order valence-electron chi connectivity index (χ1n) is 6.63. The molecule has 1 N–H and O–H groups in total. The number of benzene rings is 1. The molecule has 114 valence electrons. The molecule has 0 aliphatic carbocycles. The van der Waals surface area contributed by atoms with E-state index in [0.717, 1.165) is 10.6 Å². The molecule has 0 saturated heterocycles. The second-order valence-electron chi connectivity index (χ2n) is 4.67. The maximum atomic E-state index is 12.0. The number of rotatable bonds is 4. The third-order valence-electron chi connectivity index (χ3n) is 2.98. The Kier molecular flexibility index (Phi) is 4.10. The monoisotopic (exact) mass is 319 g/mol. The number of carbonyl (C=O) groups is 2. The van der Waals surface area contributed by atoms with Gasteiger partial charge >= 0.3 is 5.97 Å². The summed E-state index contributed by atoms with van der Waals surface area (Å²) in [4.78, 5) is 24.8. The number of nitrogens with one attached hydrogen (secondary N) is 1. The first-order valence-corrected chi connectivity index (χ1v) is 7.51. The molecule has 22 heavy (non-hydrogen) atoms. The molecule has 1 aromatic carbocycles. The van der Waals surface area contributed by atoms with Crippen LogP contribution in [0.5, 0.6) is 0 Å². The molecule has 2 aromatic rings. The minimum atomic E-state index is -0.508. The van der Waals surface area contributed by atoms with Gasteiger partial charge in [-0.3, -0.25) is 9.59 Å². The van der Waals surface area contributed by atoms with Crippen molar-refractivity contribution in [3.8, 4) is 0 Å². The normalized spacial score (nSPS) is 16.8. The Morgan fingerprint density at radius 1 is 1.41 bits per heavy atom. The second-order valence-corrected chi connectivity index (χ2v) is 5.92. The Balaban J connectivity index is 1.56. The zero-order chi connectivity index (χ0) is 15.5. The quantitative estimate of drug-likeness (QED) is 0.860. The van der Waals surface area contributed by atoms with E-state index in [1.807, 2.05) is 24.3 Å². The van der Waals surface area contributed by atoms with Crippen LogP contribution in [0, 0.1) is 6.92 Å². The molecule has 1 aromatic heterocycles. The lowest BCUT2D eigenvalue weighted by atomic mass is 10.2. The maximum Gasteiger partial charge on any atom is 0.307 e. The van der Waals surface area contributed by atoms with E-state index in [2.05, 4.69) is 15.5 Å². The van der Waals surface area contributed by atoms with Crippen LogP contribution in [0.4, 0.5) is 5.69 Å². The van der Waals surface area contributed by atoms with Crippen molar-refractivity contribution in [2.24, 2.45) is 0 Å². The highest BCUT2D eigenvalue weighted by Gasteiger charge is 2.29. The fourth-order valence-electron chi connectivity index (χ4n) is 1.98. The number of carbonyl (C=O) groups excluding carboxylic acids is 2. The number of esters is 1. The maximum absolute atomic E-state index is 12.0. The summed E-state index contributed by atoms with van der Waals surface area (Å²) in [5.41, 5.74) is 0.767. The predicted octanol–water partition coefficient (Wildman–Crippen LogP) is 1.92. The molecule has 1 amide bonds. The van der Waals surface area contributed by atoms with Crippen molar-refractivity contribution in [1.29, 1.82) is 0 Å². The van der Waals surface area contributed by atoms with Crippen molar-refractivity contribution in [2.75, 3.05) is 5.32 Å². The summed E-state index contributed by atoms with van der Waals surface area (Å²) in [6.07, 6.45) is -0.0159. The first-order chi connectivity index (χ1) is 10.6. The van der Waals surface area contributed by atoms with Gasteiger partial charge in [-0.15, -0.1) is 22.0 Å². The average molecular weight is 319 g/mol. The van der Waals surface area contributed by atoms with Gasteiger partial charge in [0.2, 0.25) is 11.8 Å². The van der Waals surface area contributed by atoms with Gasteiger partial charge in [-0.05, 0) is 12.1 Å². The minimum absolute atomic E-state index is 0.0159. The van der Waals surface area contributed by atoms with Crippen LogP contribution in [-0.4, -0.2) is 27.3 Å². The number of para-hydroxylation sites is 1. The summed E-state index contributed by atoms with van der Waals surface area (Å²) in [6, 6.07) is 7.46. The molecular formula is C14H13N3O4S. The summed E-state index contributed by atoms with van der Waals surface area (Å²) in [5.74, 6) is -0.0426. The van der Waals surface area contributed by atoms with Crippen molar-refractivity contribution < 1.29 is 18.7 Å². The number of nitrogens with zero attached hydrogens (tertiary/aromatic N) is 2. The number of aromatic nitrogens is 2. The van der Waals surface area contributed by atoms with E-state index in [1.165, 1.54) is 11.8 Å². The smallest absolute Gasteiger partial charge is 0.307 e. The molecule has 1 atom stereocenters. The van der Waals surface area contributed by atoms with E-state index in [-0.39, 0.29) is 24.8 Å². The largest absolute Gasteiger partial charge is 0.456 e. The van der Waals surface area contributed by atoms with E-state index in [0.29, 0.717) is 5.89 Å².